The minimum absolute atomic E-state index is 0.199. The van der Waals surface area contributed by atoms with E-state index in [4.69, 9.17) is 4.74 Å². The summed E-state index contributed by atoms with van der Waals surface area (Å²) < 4.78 is 44.4. The molecule has 0 saturated heterocycles. The maximum Gasteiger partial charge on any atom is 0.418 e. The minimum atomic E-state index is -4.60. The lowest BCUT2D eigenvalue weighted by molar-refractivity contribution is -0.139. The number of alkyl halides is 3. The third-order valence-corrected chi connectivity index (χ3v) is 4.92. The van der Waals surface area contributed by atoms with Crippen molar-refractivity contribution in [3.05, 3.63) is 95.1 Å². The third-order valence-electron chi connectivity index (χ3n) is 4.92. The van der Waals surface area contributed by atoms with Gasteiger partial charge in [0.05, 0.1) is 17.5 Å². The summed E-state index contributed by atoms with van der Waals surface area (Å²) in [6.07, 6.45) is -3.30. The predicted octanol–water partition coefficient (Wildman–Crippen LogP) is 3.80. The highest BCUT2D eigenvalue weighted by molar-refractivity contribution is 6.35. The van der Waals surface area contributed by atoms with Crippen molar-refractivity contribution in [3.8, 4) is 5.75 Å². The van der Waals surface area contributed by atoms with Gasteiger partial charge in [-0.1, -0.05) is 42.0 Å². The van der Waals surface area contributed by atoms with E-state index in [0.717, 1.165) is 23.3 Å². The smallest absolute Gasteiger partial charge is 0.418 e. The van der Waals surface area contributed by atoms with E-state index >= 15 is 0 Å². The van der Waals surface area contributed by atoms with Crippen molar-refractivity contribution in [2.75, 3.05) is 11.9 Å². The van der Waals surface area contributed by atoms with Gasteiger partial charge in [-0.3, -0.25) is 14.4 Å². The van der Waals surface area contributed by atoms with E-state index < -0.39 is 36.1 Å². The van der Waals surface area contributed by atoms with Crippen LogP contribution in [0.4, 0.5) is 18.9 Å². The Morgan fingerprint density at radius 1 is 0.919 bits per heavy atom. The lowest BCUT2D eigenvalue weighted by atomic mass is 10.1. The van der Waals surface area contributed by atoms with Crippen LogP contribution in [-0.2, 0) is 27.1 Å². The number of anilines is 1. The molecule has 0 heterocycles. The molecular formula is C26H23F3N4O4. The molecule has 0 bridgehead atoms. The van der Waals surface area contributed by atoms with E-state index in [9.17, 15) is 27.6 Å². The molecule has 0 aliphatic rings. The van der Waals surface area contributed by atoms with E-state index in [1.54, 1.807) is 12.1 Å². The van der Waals surface area contributed by atoms with E-state index in [0.29, 0.717) is 5.56 Å². The van der Waals surface area contributed by atoms with Gasteiger partial charge in [0.2, 0.25) is 0 Å². The van der Waals surface area contributed by atoms with Crippen LogP contribution in [0.25, 0.3) is 0 Å². The summed E-state index contributed by atoms with van der Waals surface area (Å²) in [6, 6.07) is 18.3. The van der Waals surface area contributed by atoms with Crippen LogP contribution in [0.15, 0.2) is 77.9 Å². The first-order valence-electron chi connectivity index (χ1n) is 11.0. The highest BCUT2D eigenvalue weighted by Gasteiger charge is 2.33. The van der Waals surface area contributed by atoms with Crippen molar-refractivity contribution >= 4 is 29.6 Å². The summed E-state index contributed by atoms with van der Waals surface area (Å²) in [6.45, 7) is 1.64. The van der Waals surface area contributed by atoms with Crippen LogP contribution >= 0.6 is 0 Å². The van der Waals surface area contributed by atoms with Gasteiger partial charge in [0.15, 0.2) is 6.61 Å². The molecule has 3 rings (SSSR count). The number of nitrogens with zero attached hydrogens (tertiary/aromatic N) is 1. The zero-order chi connectivity index (χ0) is 26.8. The number of ether oxygens (including phenoxy) is 1. The second-order valence-corrected chi connectivity index (χ2v) is 7.82. The molecule has 0 aliphatic carbocycles. The van der Waals surface area contributed by atoms with Crippen LogP contribution in [0.2, 0.25) is 0 Å². The molecule has 11 heteroatoms. The molecular weight excluding hydrogens is 489 g/mol. The topological polar surface area (TPSA) is 109 Å². The molecule has 3 N–H and O–H groups in total. The maximum absolute atomic E-state index is 13.0. The Balaban J connectivity index is 1.43. The largest absolute Gasteiger partial charge is 0.484 e. The molecule has 0 aromatic heterocycles. The van der Waals surface area contributed by atoms with Crippen LogP contribution < -0.4 is 20.8 Å². The first-order valence-corrected chi connectivity index (χ1v) is 11.0. The Morgan fingerprint density at radius 3 is 2.27 bits per heavy atom. The molecule has 0 radical (unpaired) electrons. The molecule has 0 fully saturated rings. The number of amides is 3. The number of rotatable bonds is 8. The van der Waals surface area contributed by atoms with Gasteiger partial charge in [-0.15, -0.1) is 0 Å². The number of carbonyl (C=O) groups is 3. The number of para-hydroxylation sites is 1. The summed E-state index contributed by atoms with van der Waals surface area (Å²) in [7, 11) is 0. The number of hydrogen-bond acceptors (Lipinski definition) is 5. The normalized spacial score (nSPS) is 11.1. The van der Waals surface area contributed by atoms with Gasteiger partial charge in [0, 0.05) is 6.54 Å². The number of nitrogens with one attached hydrogen (secondary N) is 3. The fourth-order valence-corrected chi connectivity index (χ4v) is 3.01. The van der Waals surface area contributed by atoms with Gasteiger partial charge >= 0.3 is 18.0 Å². The highest BCUT2D eigenvalue weighted by Crippen LogP contribution is 2.34. The van der Waals surface area contributed by atoms with Crippen molar-refractivity contribution in [2.24, 2.45) is 5.10 Å². The zero-order valence-corrected chi connectivity index (χ0v) is 19.6. The number of hydrazone groups is 1. The molecule has 3 aromatic rings. The van der Waals surface area contributed by atoms with Gasteiger partial charge in [-0.25, -0.2) is 5.43 Å². The fourth-order valence-electron chi connectivity index (χ4n) is 3.01. The second-order valence-electron chi connectivity index (χ2n) is 7.82. The van der Waals surface area contributed by atoms with Crippen molar-refractivity contribution in [2.45, 2.75) is 19.6 Å². The van der Waals surface area contributed by atoms with Crippen molar-refractivity contribution in [1.82, 2.24) is 10.7 Å². The summed E-state index contributed by atoms with van der Waals surface area (Å²) in [5.41, 5.74) is 3.29. The highest BCUT2D eigenvalue weighted by atomic mass is 19.4. The summed E-state index contributed by atoms with van der Waals surface area (Å²) in [5, 5.41) is 8.41. The van der Waals surface area contributed by atoms with Gasteiger partial charge in [-0.05, 0) is 54.4 Å². The van der Waals surface area contributed by atoms with Crippen LogP contribution in [0, 0.1) is 6.92 Å². The molecule has 0 spiro atoms. The molecule has 37 heavy (non-hydrogen) atoms. The number of hydrogen-bond donors (Lipinski definition) is 3. The molecule has 3 aromatic carbocycles. The number of carbonyl (C=O) groups excluding carboxylic acids is 3. The third kappa shape index (κ3) is 8.49. The standard InChI is InChI=1S/C26H23F3N4O4/c1-17-6-8-18(9-7-17)14-30-24(35)25(36)33-31-15-19-10-12-20(13-11-19)37-16-23(34)32-22-5-3-2-4-21(22)26(27,28)29/h2-13,15H,14,16H2,1H3,(H,30,35)(H,32,34)(H,33,36)/b31-15-. The average molecular weight is 512 g/mol. The van der Waals surface area contributed by atoms with Crippen LogP contribution in [0.5, 0.6) is 5.75 Å². The van der Waals surface area contributed by atoms with Crippen LogP contribution in [-0.4, -0.2) is 30.5 Å². The molecule has 0 saturated carbocycles. The van der Waals surface area contributed by atoms with Gasteiger partial charge in [0.25, 0.3) is 5.91 Å². The van der Waals surface area contributed by atoms with Gasteiger partial charge < -0.3 is 15.4 Å². The summed E-state index contributed by atoms with van der Waals surface area (Å²) in [5.74, 6) is -2.24. The lowest BCUT2D eigenvalue weighted by Crippen LogP contribution is -2.37. The Bertz CT molecular complexity index is 1270. The monoisotopic (exact) mass is 512 g/mol. The summed E-state index contributed by atoms with van der Waals surface area (Å²) >= 11 is 0. The van der Waals surface area contributed by atoms with E-state index in [2.05, 4.69) is 21.2 Å². The Kier molecular flexibility index (Phi) is 8.98. The number of aryl methyl sites for hydroxylation is 1. The Morgan fingerprint density at radius 2 is 1.59 bits per heavy atom. The van der Waals surface area contributed by atoms with Gasteiger partial charge in [0.1, 0.15) is 5.75 Å². The molecule has 8 nitrogen and oxygen atoms in total. The molecule has 0 aliphatic heterocycles. The molecule has 0 unspecified atom stereocenters. The SMILES string of the molecule is Cc1ccc(CNC(=O)C(=O)N/N=C\c2ccc(OCC(=O)Nc3ccccc3C(F)(F)F)cc2)cc1. The fraction of sp³-hybridized carbons (Fsp3) is 0.154. The first kappa shape index (κ1) is 26.9. The van der Waals surface area contributed by atoms with Crippen LogP contribution in [0.3, 0.4) is 0 Å². The zero-order valence-electron chi connectivity index (χ0n) is 19.6. The lowest BCUT2D eigenvalue weighted by Gasteiger charge is -2.13. The van der Waals surface area contributed by atoms with Crippen LogP contribution in [0.1, 0.15) is 22.3 Å². The van der Waals surface area contributed by atoms with E-state index in [1.807, 2.05) is 31.2 Å². The Labute approximate surface area is 210 Å². The Hall–Kier alpha value is -4.67. The minimum Gasteiger partial charge on any atom is -0.484 e. The van der Waals surface area contributed by atoms with Crippen molar-refractivity contribution in [3.63, 3.8) is 0 Å². The first-order chi connectivity index (χ1) is 17.6. The quantitative estimate of drug-likeness (QED) is 0.242. The average Bonchev–Trinajstić information content (AvgIpc) is 2.87. The number of halogens is 3. The van der Waals surface area contributed by atoms with Crippen molar-refractivity contribution < 1.29 is 32.3 Å². The predicted molar refractivity (Wildman–Crippen MR) is 131 cm³/mol. The van der Waals surface area contributed by atoms with Crippen molar-refractivity contribution in [1.29, 1.82) is 0 Å². The molecule has 3 amide bonds. The van der Waals surface area contributed by atoms with Gasteiger partial charge in [-0.2, -0.15) is 18.3 Å². The summed E-state index contributed by atoms with van der Waals surface area (Å²) in [4.78, 5) is 35.8. The molecule has 192 valence electrons. The maximum atomic E-state index is 13.0. The molecule has 0 atom stereocenters. The van der Waals surface area contributed by atoms with E-state index in [-0.39, 0.29) is 18.0 Å². The second kappa shape index (κ2) is 12.3. The van der Waals surface area contributed by atoms with E-state index in [1.165, 1.54) is 30.5 Å². The number of benzene rings is 3.